The molecule has 2 amide bonds. The van der Waals surface area contributed by atoms with E-state index in [0.717, 1.165) is 72.4 Å². The minimum absolute atomic E-state index is 0.0165. The van der Waals surface area contributed by atoms with Gasteiger partial charge in [-0.3, -0.25) is 4.90 Å². The molecule has 7 nitrogen and oxygen atoms in total. The molecular weight excluding hydrogens is 598 g/mol. The summed E-state index contributed by atoms with van der Waals surface area (Å²) < 4.78 is 13.6. The molecule has 0 spiro atoms. The number of benzene rings is 2. The molecule has 0 aromatic heterocycles. The van der Waals surface area contributed by atoms with Crippen molar-refractivity contribution in [2.75, 3.05) is 13.1 Å². The number of carbonyl (C=O) groups excluding carboxylic acids is 1. The van der Waals surface area contributed by atoms with Crippen molar-refractivity contribution < 1.29 is 19.4 Å². The third-order valence-electron chi connectivity index (χ3n) is 13.2. The molecule has 7 heteroatoms. The number of hydrogen-bond donors (Lipinski definition) is 3. The first kappa shape index (κ1) is 32.7. The number of hydrogen-bond acceptors (Lipinski definition) is 5. The molecule has 48 heavy (non-hydrogen) atoms. The second-order valence-corrected chi connectivity index (χ2v) is 18.2. The number of amides is 2. The number of rotatable bonds is 8. The first-order valence-corrected chi connectivity index (χ1v) is 18.9. The summed E-state index contributed by atoms with van der Waals surface area (Å²) >= 11 is 0. The number of nitrogens with one attached hydrogen (secondary N) is 2. The quantitative estimate of drug-likeness (QED) is 0.272. The van der Waals surface area contributed by atoms with Crippen LogP contribution in [0.1, 0.15) is 120 Å². The third-order valence-corrected chi connectivity index (χ3v) is 13.2. The van der Waals surface area contributed by atoms with Crippen molar-refractivity contribution in [2.24, 2.45) is 34.5 Å². The highest BCUT2D eigenvalue weighted by molar-refractivity contribution is 5.75. The maximum atomic E-state index is 13.1. The number of nitrogens with zero attached hydrogens (tertiary/aromatic N) is 1. The monoisotopic (exact) mass is 655 g/mol. The largest absolute Gasteiger partial charge is 0.392 e. The summed E-state index contributed by atoms with van der Waals surface area (Å²) in [5, 5.41) is 16.2. The van der Waals surface area contributed by atoms with E-state index in [1.165, 1.54) is 38.5 Å². The van der Waals surface area contributed by atoms with Gasteiger partial charge in [-0.25, -0.2) is 4.79 Å². The van der Waals surface area contributed by atoms with Gasteiger partial charge in [0.15, 0.2) is 6.29 Å². The molecule has 6 unspecified atom stereocenters. The fraction of sp³-hybridized carbons (Fsp3) is 0.683. The van der Waals surface area contributed by atoms with Gasteiger partial charge in [-0.2, -0.15) is 0 Å². The average Bonchev–Trinajstić information content (AvgIpc) is 3.27. The summed E-state index contributed by atoms with van der Waals surface area (Å²) in [6, 6.07) is 17.2. The first-order valence-electron chi connectivity index (χ1n) is 18.9. The van der Waals surface area contributed by atoms with Gasteiger partial charge in [0, 0.05) is 42.7 Å². The van der Waals surface area contributed by atoms with Crippen LogP contribution in [0.5, 0.6) is 0 Å². The van der Waals surface area contributed by atoms with E-state index in [2.05, 4.69) is 79.6 Å². The van der Waals surface area contributed by atoms with Crippen LogP contribution in [0.3, 0.4) is 0 Å². The fourth-order valence-corrected chi connectivity index (χ4v) is 11.9. The minimum atomic E-state index is -0.482. The Balaban J connectivity index is 0.946. The van der Waals surface area contributed by atoms with Crippen molar-refractivity contribution in [2.45, 2.75) is 129 Å². The van der Waals surface area contributed by atoms with Crippen molar-refractivity contribution >= 4 is 6.03 Å². The summed E-state index contributed by atoms with van der Waals surface area (Å²) in [5.41, 5.74) is 4.86. The molecule has 2 heterocycles. The lowest BCUT2D eigenvalue weighted by atomic mass is 9.53. The molecule has 5 saturated carbocycles. The summed E-state index contributed by atoms with van der Waals surface area (Å²) in [7, 11) is 0. The molecule has 6 bridgehead atoms. The minimum Gasteiger partial charge on any atom is -0.392 e. The summed E-state index contributed by atoms with van der Waals surface area (Å²) in [5.74, 6) is 2.58. The topological polar surface area (TPSA) is 83.1 Å². The van der Waals surface area contributed by atoms with Gasteiger partial charge in [-0.15, -0.1) is 0 Å². The Morgan fingerprint density at radius 2 is 1.48 bits per heavy atom. The molecule has 5 aliphatic carbocycles. The second kappa shape index (κ2) is 12.4. The number of ether oxygens (including phenoxy) is 2. The average molecular weight is 656 g/mol. The number of carbonyl (C=O) groups is 1. The maximum Gasteiger partial charge on any atom is 0.315 e. The van der Waals surface area contributed by atoms with E-state index in [1.54, 1.807) is 0 Å². The molecule has 3 N–H and O–H groups in total. The van der Waals surface area contributed by atoms with Gasteiger partial charge in [-0.1, -0.05) is 76.2 Å². The van der Waals surface area contributed by atoms with Crippen molar-refractivity contribution in [3.8, 4) is 0 Å². The van der Waals surface area contributed by atoms with E-state index >= 15 is 0 Å². The van der Waals surface area contributed by atoms with Crippen LogP contribution < -0.4 is 10.6 Å². The van der Waals surface area contributed by atoms with Gasteiger partial charge in [0.25, 0.3) is 0 Å². The van der Waals surface area contributed by atoms with Crippen LogP contribution >= 0.6 is 0 Å². The predicted molar refractivity (Wildman–Crippen MR) is 187 cm³/mol. The summed E-state index contributed by atoms with van der Waals surface area (Å²) in [6.45, 7) is 12.2. The van der Waals surface area contributed by atoms with Gasteiger partial charge in [0.05, 0.1) is 18.8 Å². The summed E-state index contributed by atoms with van der Waals surface area (Å²) in [6.07, 6.45) is 10.8. The van der Waals surface area contributed by atoms with E-state index in [4.69, 9.17) is 9.47 Å². The number of likely N-dealkylation sites (tertiary alicyclic amines) is 1. The first-order chi connectivity index (χ1) is 23.0. The van der Waals surface area contributed by atoms with Gasteiger partial charge < -0.3 is 25.2 Å². The zero-order valence-electron chi connectivity index (χ0n) is 29.5. The van der Waals surface area contributed by atoms with Gasteiger partial charge in [-0.05, 0) is 103 Å². The van der Waals surface area contributed by atoms with Crippen LogP contribution in [0.2, 0.25) is 0 Å². The van der Waals surface area contributed by atoms with Gasteiger partial charge in [0.2, 0.25) is 0 Å². The van der Waals surface area contributed by atoms with Crippen molar-refractivity contribution in [3.05, 3.63) is 70.8 Å². The Morgan fingerprint density at radius 3 is 2.12 bits per heavy atom. The number of aliphatic hydroxyl groups excluding tert-OH is 1. The molecule has 2 aromatic carbocycles. The van der Waals surface area contributed by atoms with Crippen LogP contribution in [0.15, 0.2) is 48.5 Å². The van der Waals surface area contributed by atoms with Gasteiger partial charge in [0.1, 0.15) is 0 Å². The molecule has 2 aromatic rings. The van der Waals surface area contributed by atoms with E-state index < -0.39 is 6.29 Å². The van der Waals surface area contributed by atoms with Crippen molar-refractivity contribution in [3.63, 3.8) is 0 Å². The van der Waals surface area contributed by atoms with Crippen LogP contribution in [0, 0.1) is 34.5 Å². The van der Waals surface area contributed by atoms with E-state index in [0.29, 0.717) is 23.4 Å². The SMILES string of the molecule is CC1C(CN2CC3(C)CC2CC(C)(C)C3)OC(c2ccc(CNC(=O)NC34CC5CC(CC(C5)C3)C4)cc2)OC1c1ccc(CO)cc1. The van der Waals surface area contributed by atoms with Gasteiger partial charge >= 0.3 is 6.03 Å². The second-order valence-electron chi connectivity index (χ2n) is 18.2. The molecule has 260 valence electrons. The lowest BCUT2D eigenvalue weighted by molar-refractivity contribution is -0.276. The number of fused-ring (bicyclic) bond motifs is 2. The third kappa shape index (κ3) is 6.57. The number of urea groups is 1. The highest BCUT2D eigenvalue weighted by atomic mass is 16.7. The van der Waals surface area contributed by atoms with E-state index in [-0.39, 0.29) is 36.3 Å². The van der Waals surface area contributed by atoms with E-state index in [9.17, 15) is 9.90 Å². The van der Waals surface area contributed by atoms with Crippen LogP contribution in [0.4, 0.5) is 4.79 Å². The molecule has 2 aliphatic heterocycles. The Hall–Kier alpha value is -2.45. The van der Waals surface area contributed by atoms with Crippen molar-refractivity contribution in [1.82, 2.24) is 15.5 Å². The summed E-state index contributed by atoms with van der Waals surface area (Å²) in [4.78, 5) is 15.8. The maximum absolute atomic E-state index is 13.1. The Morgan fingerprint density at radius 1 is 0.854 bits per heavy atom. The molecule has 9 rings (SSSR count). The standard InChI is InChI=1S/C41H57N3O4/c1-26-35(22-44-25-40(4)20-34(44)19-39(2,3)24-40)47-37(48-36(26)32-9-7-28(23-45)8-10-32)33-11-5-27(6-12-33)21-42-38(46)43-41-16-29-13-30(17-41)15-31(14-29)18-41/h5-12,26,29-31,34-37,45H,13-25H2,1-4H3,(H2,42,43,46). The zero-order valence-corrected chi connectivity index (χ0v) is 29.5. The highest BCUT2D eigenvalue weighted by Gasteiger charge is 2.52. The molecule has 2 saturated heterocycles. The Kier molecular flexibility index (Phi) is 8.46. The lowest BCUT2D eigenvalue weighted by Crippen LogP contribution is -2.61. The molecule has 0 radical (unpaired) electrons. The highest BCUT2D eigenvalue weighted by Crippen LogP contribution is 2.56. The smallest absolute Gasteiger partial charge is 0.315 e. The van der Waals surface area contributed by atoms with Crippen LogP contribution in [-0.2, 0) is 22.6 Å². The van der Waals surface area contributed by atoms with Crippen molar-refractivity contribution in [1.29, 1.82) is 0 Å². The Bertz CT molecular complexity index is 1440. The molecule has 6 atom stereocenters. The zero-order chi connectivity index (χ0) is 33.3. The normalized spacial score (nSPS) is 39.8. The molecule has 7 aliphatic rings. The molecular formula is C41H57N3O4. The van der Waals surface area contributed by atoms with Crippen LogP contribution in [-0.4, -0.2) is 46.8 Å². The fourth-order valence-electron chi connectivity index (χ4n) is 11.9. The van der Waals surface area contributed by atoms with Crippen LogP contribution in [0.25, 0.3) is 0 Å². The van der Waals surface area contributed by atoms with E-state index in [1.807, 2.05) is 12.1 Å². The Labute approximate surface area is 287 Å². The molecule has 7 fully saturated rings. The number of aliphatic hydroxyl groups is 1. The predicted octanol–water partition coefficient (Wildman–Crippen LogP) is 7.64. The lowest BCUT2D eigenvalue weighted by Gasteiger charge is -2.56.